The summed E-state index contributed by atoms with van der Waals surface area (Å²) in [5.74, 6) is -0.567. The van der Waals surface area contributed by atoms with E-state index in [1.54, 1.807) is 0 Å². The van der Waals surface area contributed by atoms with E-state index in [1.165, 1.54) is 7.11 Å². The summed E-state index contributed by atoms with van der Waals surface area (Å²) >= 11 is 0. The van der Waals surface area contributed by atoms with Gasteiger partial charge in [0.05, 0.1) is 13.7 Å². The highest BCUT2D eigenvalue weighted by Gasteiger charge is 2.49. The quantitative estimate of drug-likeness (QED) is 0.738. The van der Waals surface area contributed by atoms with Crippen LogP contribution in [-0.4, -0.2) is 50.5 Å². The summed E-state index contributed by atoms with van der Waals surface area (Å²) in [5.41, 5.74) is 0. The first-order chi connectivity index (χ1) is 7.52. The number of hydrogen-bond donors (Lipinski definition) is 1. The molecule has 2 rings (SSSR count). The smallest absolute Gasteiger partial charge is 0.406 e. The standard InChI is InChI=1S/C10H17NO5/c1-10(2)15-7-5-14-6(8(7)16-10)4-11-9(12)13-3/h6-8H,4-5H2,1-3H3,(H,11,12)/t6-,7-,8+/m1/s1. The monoisotopic (exact) mass is 231 g/mol. The molecule has 16 heavy (non-hydrogen) atoms. The normalized spacial score (nSPS) is 35.8. The van der Waals surface area contributed by atoms with Gasteiger partial charge in [0.1, 0.15) is 18.3 Å². The fraction of sp³-hybridized carbons (Fsp3) is 0.900. The molecular formula is C10H17NO5. The lowest BCUT2D eigenvalue weighted by Crippen LogP contribution is -2.39. The minimum atomic E-state index is -0.567. The van der Waals surface area contributed by atoms with E-state index in [2.05, 4.69) is 10.1 Å². The Bertz CT molecular complexity index is 280. The number of fused-ring (bicyclic) bond motifs is 1. The fourth-order valence-electron chi connectivity index (χ4n) is 2.05. The molecule has 0 radical (unpaired) electrons. The van der Waals surface area contributed by atoms with Gasteiger partial charge >= 0.3 is 6.09 Å². The molecule has 2 aliphatic heterocycles. The lowest BCUT2D eigenvalue weighted by molar-refractivity contribution is -0.174. The van der Waals surface area contributed by atoms with Crippen LogP contribution in [-0.2, 0) is 18.9 Å². The van der Waals surface area contributed by atoms with E-state index < -0.39 is 11.9 Å². The van der Waals surface area contributed by atoms with Crippen LogP contribution in [0.2, 0.25) is 0 Å². The average Bonchev–Trinajstić information content (AvgIpc) is 2.70. The third-order valence-corrected chi connectivity index (χ3v) is 2.70. The lowest BCUT2D eigenvalue weighted by atomic mass is 10.1. The van der Waals surface area contributed by atoms with Crippen LogP contribution in [0.4, 0.5) is 4.79 Å². The van der Waals surface area contributed by atoms with Crippen LogP contribution in [0.1, 0.15) is 13.8 Å². The number of amides is 1. The summed E-state index contributed by atoms with van der Waals surface area (Å²) in [4.78, 5) is 10.9. The maximum Gasteiger partial charge on any atom is 0.406 e. The molecule has 2 aliphatic rings. The minimum absolute atomic E-state index is 0.0422. The average molecular weight is 231 g/mol. The molecule has 2 fully saturated rings. The molecule has 1 amide bonds. The molecule has 6 heteroatoms. The van der Waals surface area contributed by atoms with Gasteiger partial charge in [0.2, 0.25) is 0 Å². The Morgan fingerprint density at radius 1 is 1.50 bits per heavy atom. The predicted molar refractivity (Wildman–Crippen MR) is 54.0 cm³/mol. The van der Waals surface area contributed by atoms with Crippen molar-refractivity contribution in [3.05, 3.63) is 0 Å². The molecular weight excluding hydrogens is 214 g/mol. The second-order valence-electron chi connectivity index (χ2n) is 4.38. The topological polar surface area (TPSA) is 66.0 Å². The van der Waals surface area contributed by atoms with E-state index in [9.17, 15) is 4.79 Å². The Morgan fingerprint density at radius 3 is 2.94 bits per heavy atom. The van der Waals surface area contributed by atoms with Crippen LogP contribution < -0.4 is 5.32 Å². The van der Waals surface area contributed by atoms with Crippen molar-refractivity contribution in [1.82, 2.24) is 5.32 Å². The van der Waals surface area contributed by atoms with Gasteiger partial charge in [0.25, 0.3) is 0 Å². The van der Waals surface area contributed by atoms with Gasteiger partial charge in [0, 0.05) is 6.54 Å². The molecule has 0 bridgehead atoms. The number of carbonyl (C=O) groups excluding carboxylic acids is 1. The van der Waals surface area contributed by atoms with Gasteiger partial charge in [-0.25, -0.2) is 4.79 Å². The van der Waals surface area contributed by atoms with Crippen molar-refractivity contribution in [3.8, 4) is 0 Å². The molecule has 6 nitrogen and oxygen atoms in total. The molecule has 2 heterocycles. The van der Waals surface area contributed by atoms with Crippen molar-refractivity contribution in [1.29, 1.82) is 0 Å². The lowest BCUT2D eigenvalue weighted by Gasteiger charge is -2.21. The zero-order valence-corrected chi connectivity index (χ0v) is 9.69. The van der Waals surface area contributed by atoms with E-state index in [0.717, 1.165) is 0 Å². The van der Waals surface area contributed by atoms with Crippen LogP contribution in [0.25, 0.3) is 0 Å². The van der Waals surface area contributed by atoms with Gasteiger partial charge in [-0.15, -0.1) is 0 Å². The van der Waals surface area contributed by atoms with Crippen LogP contribution in [0.5, 0.6) is 0 Å². The number of alkyl carbamates (subject to hydrolysis) is 1. The van der Waals surface area contributed by atoms with Gasteiger partial charge in [-0.05, 0) is 13.8 Å². The summed E-state index contributed by atoms with van der Waals surface area (Å²) in [6.07, 6.45) is -0.803. The highest BCUT2D eigenvalue weighted by molar-refractivity contribution is 5.66. The molecule has 0 aromatic carbocycles. The van der Waals surface area contributed by atoms with Gasteiger partial charge in [-0.2, -0.15) is 0 Å². The third kappa shape index (κ3) is 2.28. The molecule has 0 aromatic rings. The molecule has 1 N–H and O–H groups in total. The fourth-order valence-corrected chi connectivity index (χ4v) is 2.05. The van der Waals surface area contributed by atoms with E-state index in [4.69, 9.17) is 14.2 Å². The molecule has 0 aliphatic carbocycles. The number of hydrogen-bond acceptors (Lipinski definition) is 5. The molecule has 3 atom stereocenters. The van der Waals surface area contributed by atoms with Gasteiger partial charge in [0.15, 0.2) is 5.79 Å². The Kier molecular flexibility index (Phi) is 3.05. The van der Waals surface area contributed by atoms with E-state index >= 15 is 0 Å². The number of nitrogens with one attached hydrogen (secondary N) is 1. The maximum atomic E-state index is 10.9. The van der Waals surface area contributed by atoms with Crippen molar-refractivity contribution in [3.63, 3.8) is 0 Å². The highest BCUT2D eigenvalue weighted by Crippen LogP contribution is 2.34. The van der Waals surface area contributed by atoms with Crippen LogP contribution in [0.15, 0.2) is 0 Å². The van der Waals surface area contributed by atoms with E-state index in [-0.39, 0.29) is 18.3 Å². The first-order valence-electron chi connectivity index (χ1n) is 5.31. The summed E-state index contributed by atoms with van der Waals surface area (Å²) in [7, 11) is 1.33. The number of ether oxygens (including phenoxy) is 4. The Hall–Kier alpha value is -0.850. The van der Waals surface area contributed by atoms with Crippen molar-refractivity contribution in [2.45, 2.75) is 37.9 Å². The zero-order valence-electron chi connectivity index (χ0n) is 9.69. The third-order valence-electron chi connectivity index (χ3n) is 2.70. The maximum absolute atomic E-state index is 10.9. The van der Waals surface area contributed by atoms with Crippen LogP contribution in [0.3, 0.4) is 0 Å². The summed E-state index contributed by atoms with van der Waals surface area (Å²) in [5, 5.41) is 2.59. The van der Waals surface area contributed by atoms with Crippen molar-refractivity contribution in [2.24, 2.45) is 0 Å². The van der Waals surface area contributed by atoms with Crippen molar-refractivity contribution in [2.75, 3.05) is 20.3 Å². The number of methoxy groups -OCH3 is 1. The SMILES string of the molecule is COC(=O)NC[C@H]1OC[C@H]2OC(C)(C)O[C@@H]12. The Balaban J connectivity index is 1.86. The van der Waals surface area contributed by atoms with Gasteiger partial charge in [-0.3, -0.25) is 0 Å². The van der Waals surface area contributed by atoms with Gasteiger partial charge in [-0.1, -0.05) is 0 Å². The second-order valence-corrected chi connectivity index (χ2v) is 4.38. The van der Waals surface area contributed by atoms with Gasteiger partial charge < -0.3 is 24.3 Å². The predicted octanol–water partition coefficient (Wildman–Crippen LogP) is 0.261. The van der Waals surface area contributed by atoms with Crippen LogP contribution in [0, 0.1) is 0 Å². The van der Waals surface area contributed by atoms with Crippen molar-refractivity contribution >= 4 is 6.09 Å². The molecule has 0 saturated carbocycles. The van der Waals surface area contributed by atoms with E-state index in [1.807, 2.05) is 13.8 Å². The zero-order chi connectivity index (χ0) is 11.8. The summed E-state index contributed by atoms with van der Waals surface area (Å²) < 4.78 is 21.3. The number of rotatable bonds is 2. The summed E-state index contributed by atoms with van der Waals surface area (Å²) in [6, 6.07) is 0. The first-order valence-corrected chi connectivity index (χ1v) is 5.31. The molecule has 92 valence electrons. The molecule has 0 aromatic heterocycles. The molecule has 2 saturated heterocycles. The minimum Gasteiger partial charge on any atom is -0.453 e. The second kappa shape index (κ2) is 4.20. The molecule has 0 spiro atoms. The first kappa shape index (κ1) is 11.6. The highest BCUT2D eigenvalue weighted by atomic mass is 16.8. The van der Waals surface area contributed by atoms with Crippen LogP contribution >= 0.6 is 0 Å². The summed E-state index contributed by atoms with van der Waals surface area (Å²) in [6.45, 7) is 4.61. The Morgan fingerprint density at radius 2 is 2.25 bits per heavy atom. The van der Waals surface area contributed by atoms with E-state index in [0.29, 0.717) is 13.2 Å². The largest absolute Gasteiger partial charge is 0.453 e. The number of carbonyl (C=O) groups is 1. The molecule has 0 unspecified atom stereocenters. The van der Waals surface area contributed by atoms with Crippen molar-refractivity contribution < 1.29 is 23.7 Å². The Labute approximate surface area is 94.2 Å².